The average molecular weight is 267 g/mol. The van der Waals surface area contributed by atoms with Crippen LogP contribution in [0.4, 0.5) is 8.78 Å². The first-order valence-corrected chi connectivity index (χ1v) is 7.38. The summed E-state index contributed by atoms with van der Waals surface area (Å²) < 4.78 is 26.7. The quantitative estimate of drug-likeness (QED) is 0.833. The van der Waals surface area contributed by atoms with Crippen LogP contribution in [0.25, 0.3) is 0 Å². The van der Waals surface area contributed by atoms with Gasteiger partial charge in [-0.15, -0.1) is 0 Å². The van der Waals surface area contributed by atoms with Gasteiger partial charge in [0, 0.05) is 18.2 Å². The Morgan fingerprint density at radius 2 is 1.95 bits per heavy atom. The topological polar surface area (TPSA) is 12.0 Å². The molecule has 1 aromatic carbocycles. The monoisotopic (exact) mass is 267 g/mol. The van der Waals surface area contributed by atoms with Gasteiger partial charge in [0.1, 0.15) is 0 Å². The number of rotatable bonds is 5. The molecule has 0 aromatic heterocycles. The van der Waals surface area contributed by atoms with Gasteiger partial charge in [0.2, 0.25) is 0 Å². The maximum absolute atomic E-state index is 13.6. The van der Waals surface area contributed by atoms with Crippen molar-refractivity contribution in [1.29, 1.82) is 0 Å². The molecule has 1 fully saturated rings. The van der Waals surface area contributed by atoms with Crippen molar-refractivity contribution in [3.05, 3.63) is 35.4 Å². The summed E-state index contributed by atoms with van der Waals surface area (Å²) in [6.45, 7) is 2.58. The van der Waals surface area contributed by atoms with Crippen LogP contribution in [0.2, 0.25) is 0 Å². The highest BCUT2D eigenvalue weighted by atomic mass is 19.2. The summed E-state index contributed by atoms with van der Waals surface area (Å²) in [5.41, 5.74) is 0.425. The van der Waals surface area contributed by atoms with Crippen molar-refractivity contribution >= 4 is 0 Å². The van der Waals surface area contributed by atoms with Crippen molar-refractivity contribution in [1.82, 2.24) is 5.32 Å². The van der Waals surface area contributed by atoms with Crippen molar-refractivity contribution < 1.29 is 8.78 Å². The summed E-state index contributed by atoms with van der Waals surface area (Å²) >= 11 is 0. The number of hydrogen-bond donors (Lipinski definition) is 1. The molecule has 1 N–H and O–H groups in total. The molecule has 1 saturated carbocycles. The van der Waals surface area contributed by atoms with Crippen LogP contribution in [0.1, 0.15) is 51.0 Å². The lowest BCUT2D eigenvalue weighted by molar-refractivity contribution is 0.261. The maximum atomic E-state index is 13.6. The summed E-state index contributed by atoms with van der Waals surface area (Å²) in [6.07, 6.45) is 7.51. The van der Waals surface area contributed by atoms with Gasteiger partial charge < -0.3 is 5.32 Å². The lowest BCUT2D eigenvalue weighted by Gasteiger charge is -2.30. The lowest BCUT2D eigenvalue weighted by atomic mass is 9.83. The second kappa shape index (κ2) is 6.99. The third-order valence-electron chi connectivity index (χ3n) is 4.24. The zero-order valence-corrected chi connectivity index (χ0v) is 11.6. The fourth-order valence-corrected chi connectivity index (χ4v) is 3.11. The minimum atomic E-state index is -0.759. The van der Waals surface area contributed by atoms with Gasteiger partial charge in [-0.05, 0) is 31.2 Å². The fourth-order valence-electron chi connectivity index (χ4n) is 3.11. The Kier molecular flexibility index (Phi) is 5.32. The van der Waals surface area contributed by atoms with Crippen LogP contribution >= 0.6 is 0 Å². The Bertz CT molecular complexity index is 400. The average Bonchev–Trinajstić information content (AvgIpc) is 2.45. The van der Waals surface area contributed by atoms with Gasteiger partial charge >= 0.3 is 0 Å². The third-order valence-corrected chi connectivity index (χ3v) is 4.24. The van der Waals surface area contributed by atoms with Gasteiger partial charge in [0.15, 0.2) is 11.6 Å². The van der Waals surface area contributed by atoms with Crippen molar-refractivity contribution in [2.24, 2.45) is 5.92 Å². The summed E-state index contributed by atoms with van der Waals surface area (Å²) in [5, 5.41) is 3.42. The molecule has 1 atom stereocenters. The lowest BCUT2D eigenvalue weighted by Crippen LogP contribution is -2.36. The second-order valence-corrected chi connectivity index (χ2v) is 5.51. The first-order chi connectivity index (χ1) is 9.22. The van der Waals surface area contributed by atoms with Crippen molar-refractivity contribution in [2.75, 3.05) is 0 Å². The summed E-state index contributed by atoms with van der Waals surface area (Å²) in [5.74, 6) is -0.783. The molecule has 0 amide bonds. The third kappa shape index (κ3) is 3.75. The Hall–Kier alpha value is -0.960. The second-order valence-electron chi connectivity index (χ2n) is 5.51. The molecule has 19 heavy (non-hydrogen) atoms. The van der Waals surface area contributed by atoms with Crippen LogP contribution in [-0.4, -0.2) is 6.04 Å². The van der Waals surface area contributed by atoms with Crippen LogP contribution in [-0.2, 0) is 6.54 Å². The largest absolute Gasteiger partial charge is 0.310 e. The van der Waals surface area contributed by atoms with E-state index in [-0.39, 0.29) is 0 Å². The van der Waals surface area contributed by atoms with E-state index in [1.165, 1.54) is 32.1 Å². The zero-order valence-electron chi connectivity index (χ0n) is 11.6. The van der Waals surface area contributed by atoms with E-state index in [1.807, 2.05) is 0 Å². The molecule has 1 unspecified atom stereocenters. The zero-order chi connectivity index (χ0) is 13.7. The molecule has 2 rings (SSSR count). The van der Waals surface area contributed by atoms with Crippen LogP contribution in [0.5, 0.6) is 0 Å². The molecule has 0 radical (unpaired) electrons. The smallest absolute Gasteiger partial charge is 0.163 e. The first-order valence-electron chi connectivity index (χ1n) is 7.38. The van der Waals surface area contributed by atoms with E-state index in [0.29, 0.717) is 24.1 Å². The highest BCUT2D eigenvalue weighted by molar-refractivity contribution is 5.18. The Morgan fingerprint density at radius 3 is 2.63 bits per heavy atom. The van der Waals surface area contributed by atoms with Crippen LogP contribution in [0.3, 0.4) is 0 Å². The molecule has 106 valence electrons. The Balaban J connectivity index is 1.93. The Morgan fingerprint density at radius 1 is 1.21 bits per heavy atom. The van der Waals surface area contributed by atoms with E-state index in [2.05, 4.69) is 12.2 Å². The molecule has 0 spiro atoms. The maximum Gasteiger partial charge on any atom is 0.163 e. The number of benzene rings is 1. The Labute approximate surface area is 114 Å². The fraction of sp³-hybridized carbons (Fsp3) is 0.625. The first kappa shape index (κ1) is 14.4. The highest BCUT2D eigenvalue weighted by Crippen LogP contribution is 2.28. The van der Waals surface area contributed by atoms with Crippen LogP contribution in [0.15, 0.2) is 18.2 Å². The van der Waals surface area contributed by atoms with E-state index < -0.39 is 11.6 Å². The summed E-state index contributed by atoms with van der Waals surface area (Å²) in [6, 6.07) is 4.80. The van der Waals surface area contributed by atoms with E-state index in [1.54, 1.807) is 12.1 Å². The van der Waals surface area contributed by atoms with Crippen molar-refractivity contribution in [3.63, 3.8) is 0 Å². The van der Waals surface area contributed by atoms with Gasteiger partial charge in [-0.3, -0.25) is 0 Å². The van der Waals surface area contributed by atoms with Crippen LogP contribution in [0, 0.1) is 17.6 Å². The number of hydrogen-bond acceptors (Lipinski definition) is 1. The van der Waals surface area contributed by atoms with E-state index in [0.717, 1.165) is 12.5 Å². The van der Waals surface area contributed by atoms with Crippen LogP contribution < -0.4 is 5.32 Å². The molecule has 0 heterocycles. The van der Waals surface area contributed by atoms with Gasteiger partial charge in [0.25, 0.3) is 0 Å². The molecular formula is C16H23F2N. The standard InChI is InChI=1S/C16H23F2N/c1-2-15(12-7-4-3-5-8-12)19-11-13-9-6-10-14(17)16(13)18/h6,9-10,12,15,19H,2-5,7-8,11H2,1H3. The molecule has 0 aliphatic heterocycles. The van der Waals surface area contributed by atoms with Gasteiger partial charge in [-0.25, -0.2) is 8.78 Å². The van der Waals surface area contributed by atoms with E-state index in [4.69, 9.17) is 0 Å². The molecular weight excluding hydrogens is 244 g/mol. The molecule has 3 heteroatoms. The predicted octanol–water partition coefficient (Wildman–Crippen LogP) is 4.41. The molecule has 1 nitrogen and oxygen atoms in total. The molecule has 1 aliphatic rings. The van der Waals surface area contributed by atoms with E-state index in [9.17, 15) is 8.78 Å². The number of halogens is 2. The molecule has 0 bridgehead atoms. The van der Waals surface area contributed by atoms with Gasteiger partial charge in [-0.2, -0.15) is 0 Å². The minimum absolute atomic E-state index is 0.415. The molecule has 1 aromatic rings. The van der Waals surface area contributed by atoms with Crippen molar-refractivity contribution in [3.8, 4) is 0 Å². The van der Waals surface area contributed by atoms with Gasteiger partial charge in [0.05, 0.1) is 0 Å². The predicted molar refractivity (Wildman–Crippen MR) is 73.9 cm³/mol. The minimum Gasteiger partial charge on any atom is -0.310 e. The summed E-state index contributed by atoms with van der Waals surface area (Å²) in [4.78, 5) is 0. The molecule has 1 aliphatic carbocycles. The molecule has 0 saturated heterocycles. The van der Waals surface area contributed by atoms with Crippen molar-refractivity contribution in [2.45, 2.75) is 58.0 Å². The number of nitrogens with one attached hydrogen (secondary N) is 1. The normalized spacial score (nSPS) is 18.5. The van der Waals surface area contributed by atoms with Gasteiger partial charge in [-0.1, -0.05) is 38.3 Å². The van der Waals surface area contributed by atoms with E-state index >= 15 is 0 Å². The highest BCUT2D eigenvalue weighted by Gasteiger charge is 2.22. The summed E-state index contributed by atoms with van der Waals surface area (Å²) in [7, 11) is 0. The SMILES string of the molecule is CCC(NCc1cccc(F)c1F)C1CCCCC1.